The van der Waals surface area contributed by atoms with Gasteiger partial charge in [0.05, 0.1) is 6.61 Å². The molecule has 1 fully saturated rings. The normalized spacial score (nSPS) is 23.5. The summed E-state index contributed by atoms with van der Waals surface area (Å²) in [5.74, 6) is 1.09. The third-order valence-electron chi connectivity index (χ3n) is 4.07. The second kappa shape index (κ2) is 8.19. The molecular weight excluding hydrogens is 288 g/mol. The zero-order valence-electron chi connectivity index (χ0n) is 14.0. The Morgan fingerprint density at radius 2 is 1.91 bits per heavy atom. The topological polar surface area (TPSA) is 90.7 Å². The molecule has 0 aromatic carbocycles. The molecule has 1 saturated carbocycles. The molecule has 0 spiro atoms. The van der Waals surface area contributed by atoms with Gasteiger partial charge in [-0.3, -0.25) is 0 Å². The van der Waals surface area contributed by atoms with Crippen LogP contribution in [-0.4, -0.2) is 29.9 Å². The van der Waals surface area contributed by atoms with Crippen LogP contribution in [0.5, 0.6) is 0 Å². The molecule has 0 aromatic rings. The minimum atomic E-state index is -0.729. The van der Waals surface area contributed by atoms with Crippen molar-refractivity contribution in [1.82, 2.24) is 5.32 Å². The second-order valence-electron chi connectivity index (χ2n) is 7.16. The standard InChI is InChI=1S/C15H28N2O5/c1-11(10-21-17(19)20)13-7-5-12(6-8-13)9-16-14(18)22-15(2,3)4/h11-13H,5-10H2,1-4H3,(H,16,18)/t11?,12-,13-. The number of alkyl carbamates (subject to hydrolysis) is 1. The zero-order chi connectivity index (χ0) is 16.8. The number of nitrogens with zero attached hydrogens (tertiary/aromatic N) is 1. The summed E-state index contributed by atoms with van der Waals surface area (Å²) in [6, 6.07) is 0. The highest BCUT2D eigenvalue weighted by atomic mass is 16.9. The van der Waals surface area contributed by atoms with Gasteiger partial charge in [-0.2, -0.15) is 0 Å². The largest absolute Gasteiger partial charge is 0.444 e. The van der Waals surface area contributed by atoms with Gasteiger partial charge in [0.1, 0.15) is 5.60 Å². The first-order valence-electron chi connectivity index (χ1n) is 7.91. The van der Waals surface area contributed by atoms with Crippen LogP contribution in [0, 0.1) is 27.9 Å². The Balaban J connectivity index is 2.22. The fourth-order valence-corrected chi connectivity index (χ4v) is 2.82. The fourth-order valence-electron chi connectivity index (χ4n) is 2.82. The molecule has 128 valence electrons. The van der Waals surface area contributed by atoms with E-state index in [0.29, 0.717) is 18.4 Å². The van der Waals surface area contributed by atoms with Crippen molar-refractivity contribution in [3.05, 3.63) is 10.1 Å². The van der Waals surface area contributed by atoms with E-state index in [0.717, 1.165) is 25.7 Å². The van der Waals surface area contributed by atoms with Crippen molar-refractivity contribution in [3.63, 3.8) is 0 Å². The molecule has 0 radical (unpaired) electrons. The van der Waals surface area contributed by atoms with Crippen molar-refractivity contribution in [3.8, 4) is 0 Å². The highest BCUT2D eigenvalue weighted by Crippen LogP contribution is 2.33. The first kappa shape index (κ1) is 18.5. The minimum Gasteiger partial charge on any atom is -0.444 e. The maximum absolute atomic E-state index is 11.6. The maximum atomic E-state index is 11.6. The number of hydrogen-bond donors (Lipinski definition) is 1. The van der Waals surface area contributed by atoms with Crippen LogP contribution in [0.3, 0.4) is 0 Å². The van der Waals surface area contributed by atoms with Crippen LogP contribution < -0.4 is 5.32 Å². The molecular formula is C15H28N2O5. The van der Waals surface area contributed by atoms with Gasteiger partial charge in [0.15, 0.2) is 0 Å². The van der Waals surface area contributed by atoms with Gasteiger partial charge in [-0.05, 0) is 64.2 Å². The van der Waals surface area contributed by atoms with Crippen LogP contribution in [0.1, 0.15) is 53.4 Å². The Labute approximate surface area is 131 Å². The van der Waals surface area contributed by atoms with Crippen molar-refractivity contribution < 1.29 is 19.5 Å². The third-order valence-corrected chi connectivity index (χ3v) is 4.07. The summed E-state index contributed by atoms with van der Waals surface area (Å²) in [4.78, 5) is 26.3. The summed E-state index contributed by atoms with van der Waals surface area (Å²) >= 11 is 0. The first-order valence-corrected chi connectivity index (χ1v) is 7.91. The molecule has 0 bridgehead atoms. The minimum absolute atomic E-state index is 0.165. The second-order valence-corrected chi connectivity index (χ2v) is 7.16. The molecule has 1 atom stereocenters. The quantitative estimate of drug-likeness (QED) is 0.600. The van der Waals surface area contributed by atoms with Gasteiger partial charge in [-0.15, -0.1) is 10.1 Å². The molecule has 1 rings (SSSR count). The molecule has 0 saturated heterocycles. The van der Waals surface area contributed by atoms with Gasteiger partial charge in [-0.25, -0.2) is 4.79 Å². The number of hydrogen-bond acceptors (Lipinski definition) is 5. The number of amides is 1. The lowest BCUT2D eigenvalue weighted by molar-refractivity contribution is -0.759. The molecule has 1 aliphatic carbocycles. The monoisotopic (exact) mass is 316 g/mol. The van der Waals surface area contributed by atoms with Crippen molar-refractivity contribution >= 4 is 6.09 Å². The van der Waals surface area contributed by atoms with Crippen LogP contribution >= 0.6 is 0 Å². The molecule has 1 N–H and O–H groups in total. The zero-order valence-corrected chi connectivity index (χ0v) is 14.0. The molecule has 0 aromatic heterocycles. The lowest BCUT2D eigenvalue weighted by atomic mass is 9.76. The number of ether oxygens (including phenoxy) is 1. The molecule has 0 heterocycles. The Morgan fingerprint density at radius 3 is 2.41 bits per heavy atom. The van der Waals surface area contributed by atoms with Gasteiger partial charge in [0.25, 0.3) is 5.09 Å². The number of carbonyl (C=O) groups is 1. The Kier molecular flexibility index (Phi) is 6.90. The lowest BCUT2D eigenvalue weighted by Gasteiger charge is -2.32. The molecule has 0 aliphatic heterocycles. The summed E-state index contributed by atoms with van der Waals surface area (Å²) in [7, 11) is 0. The van der Waals surface area contributed by atoms with Crippen molar-refractivity contribution in [1.29, 1.82) is 0 Å². The number of rotatable bonds is 6. The summed E-state index contributed by atoms with van der Waals surface area (Å²) in [6.45, 7) is 8.30. The average molecular weight is 316 g/mol. The molecule has 22 heavy (non-hydrogen) atoms. The lowest BCUT2D eigenvalue weighted by Crippen LogP contribution is -2.36. The van der Waals surface area contributed by atoms with E-state index >= 15 is 0 Å². The van der Waals surface area contributed by atoms with Gasteiger partial charge in [0, 0.05) is 6.54 Å². The number of nitrogens with one attached hydrogen (secondary N) is 1. The van der Waals surface area contributed by atoms with E-state index in [2.05, 4.69) is 10.2 Å². The first-order chi connectivity index (χ1) is 10.2. The molecule has 1 aliphatic rings. The highest BCUT2D eigenvalue weighted by molar-refractivity contribution is 5.67. The van der Waals surface area contributed by atoms with Crippen molar-refractivity contribution in [2.45, 2.75) is 59.0 Å². The molecule has 7 heteroatoms. The van der Waals surface area contributed by atoms with Gasteiger partial charge < -0.3 is 14.9 Å². The summed E-state index contributed by atoms with van der Waals surface area (Å²) in [5, 5.41) is 12.3. The van der Waals surface area contributed by atoms with Crippen LogP contribution in [-0.2, 0) is 9.57 Å². The van der Waals surface area contributed by atoms with Crippen LogP contribution in [0.2, 0.25) is 0 Å². The Morgan fingerprint density at radius 1 is 1.32 bits per heavy atom. The predicted octanol–water partition coefficient (Wildman–Crippen LogP) is 3.16. The summed E-state index contributed by atoms with van der Waals surface area (Å²) in [6.07, 6.45) is 3.70. The Bertz CT molecular complexity index is 373. The van der Waals surface area contributed by atoms with Crippen molar-refractivity contribution in [2.75, 3.05) is 13.2 Å². The SMILES string of the molecule is CC(CO[N+](=O)[O-])[C@H]1CC[C@H](CNC(=O)OC(C)(C)C)CC1. The van der Waals surface area contributed by atoms with Gasteiger partial charge in [-0.1, -0.05) is 6.92 Å². The highest BCUT2D eigenvalue weighted by Gasteiger charge is 2.26. The number of carbonyl (C=O) groups excluding carboxylic acids is 1. The van der Waals surface area contributed by atoms with Crippen LogP contribution in [0.15, 0.2) is 0 Å². The van der Waals surface area contributed by atoms with E-state index in [9.17, 15) is 14.9 Å². The smallest absolute Gasteiger partial charge is 0.407 e. The van der Waals surface area contributed by atoms with E-state index in [-0.39, 0.29) is 18.6 Å². The van der Waals surface area contributed by atoms with E-state index in [1.807, 2.05) is 27.7 Å². The summed E-state index contributed by atoms with van der Waals surface area (Å²) in [5.41, 5.74) is -0.478. The average Bonchev–Trinajstić information content (AvgIpc) is 2.41. The van der Waals surface area contributed by atoms with Gasteiger partial charge in [0.2, 0.25) is 0 Å². The molecule has 1 unspecified atom stereocenters. The maximum Gasteiger partial charge on any atom is 0.407 e. The van der Waals surface area contributed by atoms with Crippen molar-refractivity contribution in [2.24, 2.45) is 17.8 Å². The van der Waals surface area contributed by atoms with E-state index in [4.69, 9.17) is 4.74 Å². The van der Waals surface area contributed by atoms with E-state index in [1.54, 1.807) is 0 Å². The van der Waals surface area contributed by atoms with E-state index in [1.165, 1.54) is 0 Å². The Hall–Kier alpha value is -1.53. The van der Waals surface area contributed by atoms with Gasteiger partial charge >= 0.3 is 6.09 Å². The molecule has 7 nitrogen and oxygen atoms in total. The van der Waals surface area contributed by atoms with Crippen LogP contribution in [0.25, 0.3) is 0 Å². The fraction of sp³-hybridized carbons (Fsp3) is 0.933. The summed E-state index contributed by atoms with van der Waals surface area (Å²) < 4.78 is 5.21. The van der Waals surface area contributed by atoms with E-state index < -0.39 is 10.7 Å². The third kappa shape index (κ3) is 7.47. The predicted molar refractivity (Wildman–Crippen MR) is 81.8 cm³/mol. The van der Waals surface area contributed by atoms with Crippen LogP contribution in [0.4, 0.5) is 4.79 Å². The molecule has 1 amide bonds.